The summed E-state index contributed by atoms with van der Waals surface area (Å²) in [6.07, 6.45) is 7.41. The van der Waals surface area contributed by atoms with Crippen molar-refractivity contribution in [3.8, 4) is 28.7 Å². The number of aromatic hydroxyl groups is 4. The zero-order valence-electron chi connectivity index (χ0n) is 20.9. The maximum atomic E-state index is 12.6. The van der Waals surface area contributed by atoms with Crippen molar-refractivity contribution in [1.82, 2.24) is 0 Å². The minimum absolute atomic E-state index is 0.00879. The summed E-state index contributed by atoms with van der Waals surface area (Å²) in [5, 5.41) is 39.9. The second-order valence-electron chi connectivity index (χ2n) is 8.38. The third kappa shape index (κ3) is 7.51. The maximum Gasteiger partial charge on any atom is 0.331 e. The van der Waals surface area contributed by atoms with Crippen LogP contribution >= 0.6 is 0 Å². The van der Waals surface area contributed by atoms with Crippen molar-refractivity contribution < 1.29 is 39.5 Å². The fourth-order valence-electron chi connectivity index (χ4n) is 3.40. The first-order chi connectivity index (χ1) is 18.2. The van der Waals surface area contributed by atoms with Gasteiger partial charge >= 0.3 is 5.97 Å². The van der Waals surface area contributed by atoms with Gasteiger partial charge in [-0.25, -0.2) is 4.79 Å². The van der Waals surface area contributed by atoms with Crippen LogP contribution in [0, 0.1) is 0 Å². The molecule has 0 saturated carbocycles. The molecule has 8 heteroatoms. The Labute approximate surface area is 220 Å². The number of ketones is 1. The topological polar surface area (TPSA) is 134 Å². The quantitative estimate of drug-likeness (QED) is 0.126. The summed E-state index contributed by atoms with van der Waals surface area (Å²) in [7, 11) is 1.43. The number of hydrogen-bond acceptors (Lipinski definition) is 8. The largest absolute Gasteiger partial charge is 0.508 e. The lowest BCUT2D eigenvalue weighted by molar-refractivity contribution is -0.136. The molecule has 196 valence electrons. The molecule has 8 nitrogen and oxygen atoms in total. The maximum absolute atomic E-state index is 12.6. The monoisotopic (exact) mass is 516 g/mol. The van der Waals surface area contributed by atoms with Crippen LogP contribution in [-0.2, 0) is 16.0 Å². The number of allylic oxidation sites excluding steroid dienone is 2. The van der Waals surface area contributed by atoms with Crippen LogP contribution in [0.15, 0.2) is 78.4 Å². The second kappa shape index (κ2) is 12.8. The molecule has 0 fully saturated rings. The van der Waals surface area contributed by atoms with Crippen molar-refractivity contribution in [2.75, 3.05) is 13.7 Å². The van der Waals surface area contributed by atoms with Crippen molar-refractivity contribution >= 4 is 23.9 Å². The highest BCUT2D eigenvalue weighted by Crippen LogP contribution is 2.32. The number of carbonyl (C=O) groups is 2. The second-order valence-corrected chi connectivity index (χ2v) is 8.38. The highest BCUT2D eigenvalue weighted by Gasteiger charge is 2.15. The Balaban J connectivity index is 1.61. The van der Waals surface area contributed by atoms with Crippen LogP contribution in [0.25, 0.3) is 12.2 Å². The van der Waals surface area contributed by atoms with E-state index in [1.54, 1.807) is 43.3 Å². The molecule has 0 aliphatic carbocycles. The number of esters is 1. The third-order valence-corrected chi connectivity index (χ3v) is 5.56. The van der Waals surface area contributed by atoms with Gasteiger partial charge in [-0.2, -0.15) is 0 Å². The van der Waals surface area contributed by atoms with E-state index in [9.17, 15) is 30.0 Å². The number of hydrogen-bond donors (Lipinski definition) is 4. The van der Waals surface area contributed by atoms with Crippen LogP contribution < -0.4 is 4.74 Å². The molecule has 0 spiro atoms. The van der Waals surface area contributed by atoms with Crippen molar-refractivity contribution in [3.05, 3.63) is 101 Å². The van der Waals surface area contributed by atoms with Gasteiger partial charge in [-0.3, -0.25) is 4.79 Å². The SMILES string of the molecule is COc1cc(C=CC(=O)OCC(C)=CCc2c(O)ccc(C(=O)C=Cc3ccc(O)cc3)c2O)ccc1O. The number of methoxy groups -OCH3 is 1. The van der Waals surface area contributed by atoms with E-state index in [1.807, 2.05) is 0 Å². The van der Waals surface area contributed by atoms with Gasteiger partial charge in [0.1, 0.15) is 23.9 Å². The number of phenolic OH excluding ortho intramolecular Hbond substituents is 4. The van der Waals surface area contributed by atoms with E-state index in [0.29, 0.717) is 16.7 Å². The number of carbonyl (C=O) groups excluding carboxylic acids is 2. The van der Waals surface area contributed by atoms with E-state index >= 15 is 0 Å². The zero-order chi connectivity index (χ0) is 27.7. The normalized spacial score (nSPS) is 11.7. The van der Waals surface area contributed by atoms with Gasteiger partial charge in [-0.05, 0) is 78.6 Å². The molecule has 0 aliphatic rings. The fraction of sp³-hybridized carbons (Fsp3) is 0.133. The molecule has 0 aliphatic heterocycles. The standard InChI is InChI=1S/C30H28O8/c1-19(18-38-29(35)16-8-21-7-14-27(34)28(17-21)37-2)3-11-23-26(33)15-12-24(30(23)36)25(32)13-6-20-4-9-22(31)10-5-20/h3-10,12-17,31,33-34,36H,11,18H2,1-2H3. The van der Waals surface area contributed by atoms with Gasteiger partial charge in [0.2, 0.25) is 0 Å². The summed E-state index contributed by atoms with van der Waals surface area (Å²) in [6, 6.07) is 13.6. The van der Waals surface area contributed by atoms with Crippen LogP contribution in [0.1, 0.15) is 34.0 Å². The average Bonchev–Trinajstić information content (AvgIpc) is 2.90. The van der Waals surface area contributed by atoms with E-state index in [-0.39, 0.29) is 52.9 Å². The molecular formula is C30H28O8. The lowest BCUT2D eigenvalue weighted by Crippen LogP contribution is -2.03. The van der Waals surface area contributed by atoms with Gasteiger partial charge < -0.3 is 29.9 Å². The Morgan fingerprint density at radius 2 is 1.50 bits per heavy atom. The Bertz CT molecular complexity index is 1400. The van der Waals surface area contributed by atoms with Crippen molar-refractivity contribution in [1.29, 1.82) is 0 Å². The molecular weight excluding hydrogens is 488 g/mol. The van der Waals surface area contributed by atoms with Crippen molar-refractivity contribution in [3.63, 3.8) is 0 Å². The Morgan fingerprint density at radius 1 is 0.842 bits per heavy atom. The summed E-state index contributed by atoms with van der Waals surface area (Å²) in [5.41, 5.74) is 2.20. The molecule has 38 heavy (non-hydrogen) atoms. The van der Waals surface area contributed by atoms with E-state index < -0.39 is 11.8 Å². The van der Waals surface area contributed by atoms with Gasteiger partial charge in [0.25, 0.3) is 0 Å². The highest BCUT2D eigenvalue weighted by atomic mass is 16.5. The van der Waals surface area contributed by atoms with Gasteiger partial charge in [-0.1, -0.05) is 30.4 Å². The minimum atomic E-state index is -0.580. The van der Waals surface area contributed by atoms with Crippen LogP contribution in [0.3, 0.4) is 0 Å². The molecule has 4 N–H and O–H groups in total. The van der Waals surface area contributed by atoms with E-state index in [0.717, 1.165) is 0 Å². The molecule has 0 radical (unpaired) electrons. The molecule has 3 aromatic rings. The zero-order valence-corrected chi connectivity index (χ0v) is 20.9. The van der Waals surface area contributed by atoms with Gasteiger partial charge in [0.05, 0.1) is 12.7 Å². The Hall–Kier alpha value is -4.98. The van der Waals surface area contributed by atoms with Crippen LogP contribution in [0.5, 0.6) is 28.7 Å². The summed E-state index contributed by atoms with van der Waals surface area (Å²) in [5.74, 6) is -1.16. The van der Waals surface area contributed by atoms with Crippen LogP contribution in [0.4, 0.5) is 0 Å². The lowest BCUT2D eigenvalue weighted by Gasteiger charge is -2.09. The van der Waals surface area contributed by atoms with Crippen LogP contribution in [-0.4, -0.2) is 45.9 Å². The molecule has 3 aromatic carbocycles. The first-order valence-corrected chi connectivity index (χ1v) is 11.6. The molecule has 0 unspecified atom stereocenters. The van der Waals surface area contributed by atoms with Crippen molar-refractivity contribution in [2.45, 2.75) is 13.3 Å². The first-order valence-electron chi connectivity index (χ1n) is 11.6. The Kier molecular flexibility index (Phi) is 9.31. The summed E-state index contributed by atoms with van der Waals surface area (Å²) in [4.78, 5) is 24.7. The minimum Gasteiger partial charge on any atom is -0.508 e. The molecule has 0 heterocycles. The smallest absolute Gasteiger partial charge is 0.331 e. The fourth-order valence-corrected chi connectivity index (χ4v) is 3.40. The van der Waals surface area contributed by atoms with E-state index in [4.69, 9.17) is 9.47 Å². The highest BCUT2D eigenvalue weighted by molar-refractivity contribution is 6.09. The number of phenols is 4. The van der Waals surface area contributed by atoms with Crippen LogP contribution in [0.2, 0.25) is 0 Å². The predicted octanol–water partition coefficient (Wildman–Crippen LogP) is 5.16. The number of ether oxygens (including phenoxy) is 2. The van der Waals surface area contributed by atoms with Crippen molar-refractivity contribution in [2.24, 2.45) is 0 Å². The van der Waals surface area contributed by atoms with E-state index in [1.165, 1.54) is 55.7 Å². The molecule has 0 aromatic heterocycles. The van der Waals surface area contributed by atoms with Gasteiger partial charge in [0, 0.05) is 11.6 Å². The number of benzene rings is 3. The molecule has 0 atom stereocenters. The van der Waals surface area contributed by atoms with E-state index in [2.05, 4.69) is 0 Å². The first kappa shape index (κ1) is 27.6. The number of rotatable bonds is 10. The summed E-state index contributed by atoms with van der Waals surface area (Å²) < 4.78 is 10.3. The van der Waals surface area contributed by atoms with Gasteiger partial charge in [0.15, 0.2) is 17.3 Å². The third-order valence-electron chi connectivity index (χ3n) is 5.56. The summed E-state index contributed by atoms with van der Waals surface area (Å²) in [6.45, 7) is 1.71. The average molecular weight is 517 g/mol. The Morgan fingerprint density at radius 3 is 2.21 bits per heavy atom. The predicted molar refractivity (Wildman–Crippen MR) is 143 cm³/mol. The van der Waals surface area contributed by atoms with Gasteiger partial charge in [-0.15, -0.1) is 0 Å². The molecule has 3 rings (SSSR count). The lowest BCUT2D eigenvalue weighted by atomic mass is 10.0. The summed E-state index contributed by atoms with van der Waals surface area (Å²) >= 11 is 0. The molecule has 0 bridgehead atoms. The molecule has 0 amide bonds. The molecule has 0 saturated heterocycles.